The van der Waals surface area contributed by atoms with Crippen molar-refractivity contribution in [2.24, 2.45) is 0 Å². The Balaban J connectivity index is 2.04. The zero-order valence-corrected chi connectivity index (χ0v) is 14.5. The van der Waals surface area contributed by atoms with Crippen LogP contribution in [-0.4, -0.2) is 23.7 Å². The number of aryl methyl sites for hydroxylation is 1. The van der Waals surface area contributed by atoms with Crippen LogP contribution in [0.1, 0.15) is 32.9 Å². The lowest BCUT2D eigenvalue weighted by Crippen LogP contribution is -2.28. The van der Waals surface area contributed by atoms with E-state index < -0.39 is 9.84 Å². The average molecular weight is 334 g/mol. The number of sulfone groups is 1. The molecule has 0 atom stereocenters. The van der Waals surface area contributed by atoms with Gasteiger partial charge in [-0.25, -0.2) is 13.2 Å². The number of nitrogens with zero attached hydrogens (tertiary/aromatic N) is 2. The van der Waals surface area contributed by atoms with Crippen LogP contribution in [0.5, 0.6) is 0 Å². The molecule has 1 aromatic heterocycles. The molecule has 2 aromatic rings. The van der Waals surface area contributed by atoms with E-state index in [4.69, 9.17) is 0 Å². The molecule has 0 saturated heterocycles. The maximum atomic E-state index is 12.2. The van der Waals surface area contributed by atoms with Crippen LogP contribution in [0.4, 0.5) is 0 Å². The molecular formula is C17H22N2O3S. The minimum Gasteiger partial charge on any atom is -0.299 e. The second kappa shape index (κ2) is 6.66. The van der Waals surface area contributed by atoms with Crippen molar-refractivity contribution in [3.8, 4) is 0 Å². The lowest BCUT2D eigenvalue weighted by Gasteiger charge is -2.17. The van der Waals surface area contributed by atoms with Gasteiger partial charge in [-0.3, -0.25) is 4.57 Å². The van der Waals surface area contributed by atoms with Crippen molar-refractivity contribution in [3.05, 3.63) is 58.8 Å². The maximum Gasteiger partial charge on any atom is 0.347 e. The van der Waals surface area contributed by atoms with Gasteiger partial charge < -0.3 is 0 Å². The van der Waals surface area contributed by atoms with Crippen molar-refractivity contribution in [3.63, 3.8) is 0 Å². The summed E-state index contributed by atoms with van der Waals surface area (Å²) in [6.45, 7) is 6.31. The minimum atomic E-state index is -3.31. The smallest absolute Gasteiger partial charge is 0.299 e. The third-order valence-electron chi connectivity index (χ3n) is 3.56. The molecule has 6 heteroatoms. The molecule has 5 nitrogen and oxygen atoms in total. The Bertz CT molecular complexity index is 819. The van der Waals surface area contributed by atoms with Gasteiger partial charge >= 0.3 is 5.69 Å². The predicted octanol–water partition coefficient (Wildman–Crippen LogP) is 2.40. The summed E-state index contributed by atoms with van der Waals surface area (Å²) >= 11 is 0. The number of rotatable bonds is 5. The normalized spacial score (nSPS) is 12.3. The standard InChI is InChI=1S/C17H22N2O3S/c1-17(2,3)15-10-12-19(16(20)18-15)11-7-13-23(21,22)14-8-5-4-6-9-14/h4-6,8-10,12H,7,11,13H2,1-3H3. The Morgan fingerprint density at radius 2 is 1.74 bits per heavy atom. The largest absolute Gasteiger partial charge is 0.347 e. The molecule has 0 aliphatic heterocycles. The number of aromatic nitrogens is 2. The summed E-state index contributed by atoms with van der Waals surface area (Å²) in [5.41, 5.74) is 0.208. The van der Waals surface area contributed by atoms with Crippen molar-refractivity contribution in [1.82, 2.24) is 9.55 Å². The van der Waals surface area contributed by atoms with E-state index >= 15 is 0 Å². The maximum absolute atomic E-state index is 12.2. The first-order chi connectivity index (χ1) is 10.7. The molecule has 0 unspecified atom stereocenters. The van der Waals surface area contributed by atoms with Crippen LogP contribution in [0.2, 0.25) is 0 Å². The summed E-state index contributed by atoms with van der Waals surface area (Å²) < 4.78 is 25.8. The van der Waals surface area contributed by atoms with Gasteiger partial charge in [0.15, 0.2) is 9.84 Å². The van der Waals surface area contributed by atoms with Gasteiger partial charge in [0.1, 0.15) is 0 Å². The lowest BCUT2D eigenvalue weighted by atomic mass is 9.92. The van der Waals surface area contributed by atoms with E-state index in [2.05, 4.69) is 4.98 Å². The molecule has 0 saturated carbocycles. The van der Waals surface area contributed by atoms with Crippen LogP contribution in [-0.2, 0) is 21.8 Å². The number of benzene rings is 1. The van der Waals surface area contributed by atoms with Gasteiger partial charge in [-0.2, -0.15) is 4.98 Å². The van der Waals surface area contributed by atoms with Crippen LogP contribution in [0.15, 0.2) is 52.3 Å². The van der Waals surface area contributed by atoms with Crippen molar-refractivity contribution in [2.45, 2.75) is 44.0 Å². The third kappa shape index (κ3) is 4.51. The molecule has 1 aromatic carbocycles. The van der Waals surface area contributed by atoms with Gasteiger partial charge in [-0.15, -0.1) is 0 Å². The van der Waals surface area contributed by atoms with Crippen molar-refractivity contribution < 1.29 is 8.42 Å². The van der Waals surface area contributed by atoms with E-state index in [1.807, 2.05) is 26.8 Å². The monoisotopic (exact) mass is 334 g/mol. The van der Waals surface area contributed by atoms with E-state index in [1.54, 1.807) is 36.5 Å². The van der Waals surface area contributed by atoms with Gasteiger partial charge in [0, 0.05) is 18.2 Å². The van der Waals surface area contributed by atoms with Gasteiger partial charge in [0.05, 0.1) is 16.3 Å². The van der Waals surface area contributed by atoms with Crippen molar-refractivity contribution in [1.29, 1.82) is 0 Å². The summed E-state index contributed by atoms with van der Waals surface area (Å²) in [5, 5.41) is 0. The summed E-state index contributed by atoms with van der Waals surface area (Å²) in [6, 6.07) is 10.2. The molecular weight excluding hydrogens is 312 g/mol. The van der Waals surface area contributed by atoms with Gasteiger partial charge in [0.2, 0.25) is 0 Å². The predicted molar refractivity (Wildman–Crippen MR) is 90.3 cm³/mol. The highest BCUT2D eigenvalue weighted by Gasteiger charge is 2.17. The van der Waals surface area contributed by atoms with Crippen LogP contribution in [0.25, 0.3) is 0 Å². The molecule has 0 amide bonds. The fourth-order valence-electron chi connectivity index (χ4n) is 2.19. The highest BCUT2D eigenvalue weighted by atomic mass is 32.2. The van der Waals surface area contributed by atoms with Crippen LogP contribution in [0, 0.1) is 0 Å². The zero-order chi connectivity index (χ0) is 17.1. The highest BCUT2D eigenvalue weighted by Crippen LogP contribution is 2.18. The van der Waals surface area contributed by atoms with E-state index in [0.29, 0.717) is 17.9 Å². The first kappa shape index (κ1) is 17.4. The topological polar surface area (TPSA) is 69.0 Å². The van der Waals surface area contributed by atoms with E-state index in [9.17, 15) is 13.2 Å². The molecule has 2 rings (SSSR count). The Morgan fingerprint density at radius 3 is 2.30 bits per heavy atom. The second-order valence-corrected chi connectivity index (χ2v) is 8.63. The molecule has 0 aliphatic carbocycles. The summed E-state index contributed by atoms with van der Waals surface area (Å²) in [4.78, 5) is 16.4. The van der Waals surface area contributed by atoms with Gasteiger partial charge in [-0.1, -0.05) is 39.0 Å². The van der Waals surface area contributed by atoms with Crippen LogP contribution >= 0.6 is 0 Å². The fourth-order valence-corrected chi connectivity index (χ4v) is 3.50. The summed E-state index contributed by atoms with van der Waals surface area (Å²) in [7, 11) is -3.31. The first-order valence-electron chi connectivity index (χ1n) is 7.56. The Hall–Kier alpha value is -1.95. The Morgan fingerprint density at radius 1 is 1.09 bits per heavy atom. The lowest BCUT2D eigenvalue weighted by molar-refractivity contribution is 0.544. The fraction of sp³-hybridized carbons (Fsp3) is 0.412. The van der Waals surface area contributed by atoms with Crippen molar-refractivity contribution >= 4 is 9.84 Å². The number of hydrogen-bond acceptors (Lipinski definition) is 4. The van der Waals surface area contributed by atoms with Crippen LogP contribution in [0.3, 0.4) is 0 Å². The highest BCUT2D eigenvalue weighted by molar-refractivity contribution is 7.91. The molecule has 0 aliphatic rings. The molecule has 0 N–H and O–H groups in total. The second-order valence-electron chi connectivity index (χ2n) is 6.52. The minimum absolute atomic E-state index is 0.00444. The molecule has 23 heavy (non-hydrogen) atoms. The molecule has 0 fully saturated rings. The molecule has 124 valence electrons. The van der Waals surface area contributed by atoms with Crippen molar-refractivity contribution in [2.75, 3.05) is 5.75 Å². The average Bonchev–Trinajstić information content (AvgIpc) is 2.48. The molecule has 0 spiro atoms. The Kier molecular flexibility index (Phi) is 5.04. The molecule has 0 radical (unpaired) electrons. The van der Waals surface area contributed by atoms with Crippen LogP contribution < -0.4 is 5.69 Å². The van der Waals surface area contributed by atoms with E-state index in [-0.39, 0.29) is 16.9 Å². The SMILES string of the molecule is CC(C)(C)c1ccn(CCCS(=O)(=O)c2ccccc2)c(=O)n1. The number of hydrogen-bond donors (Lipinski definition) is 0. The molecule has 0 bridgehead atoms. The van der Waals surface area contributed by atoms with Gasteiger partial charge in [-0.05, 0) is 24.6 Å². The quantitative estimate of drug-likeness (QED) is 0.842. The Labute approximate surface area is 136 Å². The summed E-state index contributed by atoms with van der Waals surface area (Å²) in [6.07, 6.45) is 2.05. The third-order valence-corrected chi connectivity index (χ3v) is 5.37. The first-order valence-corrected chi connectivity index (χ1v) is 9.21. The molecule has 1 heterocycles. The zero-order valence-electron chi connectivity index (χ0n) is 13.7. The van der Waals surface area contributed by atoms with Gasteiger partial charge in [0.25, 0.3) is 0 Å². The van der Waals surface area contributed by atoms with E-state index in [0.717, 1.165) is 5.69 Å². The summed E-state index contributed by atoms with van der Waals surface area (Å²) in [5.74, 6) is 0.00444. The van der Waals surface area contributed by atoms with E-state index in [1.165, 1.54) is 4.57 Å².